The normalized spacial score (nSPS) is 11.3. The molecule has 1 amide bonds. The number of ether oxygens (including phenoxy) is 1. The second-order valence-electron chi connectivity index (χ2n) is 9.04. The molecule has 1 heterocycles. The zero-order valence-electron chi connectivity index (χ0n) is 21.4. The minimum absolute atomic E-state index is 0.0273. The summed E-state index contributed by atoms with van der Waals surface area (Å²) in [6.45, 7) is 3.58. The van der Waals surface area contributed by atoms with Crippen LogP contribution in [0.15, 0.2) is 95.9 Å². The number of hydrogen-bond donors (Lipinski definition) is 2. The van der Waals surface area contributed by atoms with Gasteiger partial charge in [-0.25, -0.2) is 13.4 Å². The molecule has 0 saturated heterocycles. The van der Waals surface area contributed by atoms with Crippen LogP contribution in [0.1, 0.15) is 21.5 Å². The first-order chi connectivity index (χ1) is 19.1. The predicted octanol–water partition coefficient (Wildman–Crippen LogP) is 8.00. The number of carbonyl (C=O) groups excluding carboxylic acids is 1. The summed E-state index contributed by atoms with van der Waals surface area (Å²) in [4.78, 5) is 18.0. The predicted molar refractivity (Wildman–Crippen MR) is 159 cm³/mol. The molecular formula is C30H23Cl2N3O4S. The minimum Gasteiger partial charge on any atom is -0.438 e. The number of aryl methyl sites for hydroxylation is 1. The number of nitrogens with one attached hydrogen (secondary N) is 2. The molecule has 1 aromatic heterocycles. The number of para-hydroxylation sites is 1. The third-order valence-corrected chi connectivity index (χ3v) is 8.24. The van der Waals surface area contributed by atoms with E-state index in [1.54, 1.807) is 49.4 Å². The number of halogens is 2. The minimum atomic E-state index is -3.88. The van der Waals surface area contributed by atoms with Crippen molar-refractivity contribution in [3.8, 4) is 11.6 Å². The van der Waals surface area contributed by atoms with Gasteiger partial charge in [-0.2, -0.15) is 0 Å². The molecule has 0 unspecified atom stereocenters. The van der Waals surface area contributed by atoms with Crippen molar-refractivity contribution in [2.75, 3.05) is 10.0 Å². The highest BCUT2D eigenvalue weighted by Gasteiger charge is 2.19. The Morgan fingerprint density at radius 3 is 2.38 bits per heavy atom. The molecule has 0 atom stereocenters. The van der Waals surface area contributed by atoms with Crippen molar-refractivity contribution in [1.29, 1.82) is 0 Å². The summed E-state index contributed by atoms with van der Waals surface area (Å²) in [5, 5.41) is 4.59. The molecule has 202 valence electrons. The summed E-state index contributed by atoms with van der Waals surface area (Å²) in [5.41, 5.74) is 3.06. The van der Waals surface area contributed by atoms with Crippen LogP contribution in [-0.2, 0) is 10.0 Å². The number of pyridine rings is 1. The summed E-state index contributed by atoms with van der Waals surface area (Å²) in [7, 11) is -3.88. The van der Waals surface area contributed by atoms with Crippen LogP contribution < -0.4 is 14.8 Å². The largest absolute Gasteiger partial charge is 0.438 e. The Morgan fingerprint density at radius 1 is 0.875 bits per heavy atom. The zero-order valence-corrected chi connectivity index (χ0v) is 23.7. The van der Waals surface area contributed by atoms with Gasteiger partial charge in [0.25, 0.3) is 15.9 Å². The van der Waals surface area contributed by atoms with Crippen LogP contribution in [0, 0.1) is 13.8 Å². The molecule has 0 bridgehead atoms. The Bertz CT molecular complexity index is 1860. The zero-order chi connectivity index (χ0) is 28.4. The van der Waals surface area contributed by atoms with Crippen LogP contribution in [0.3, 0.4) is 0 Å². The summed E-state index contributed by atoms with van der Waals surface area (Å²) in [6, 6.07) is 25.1. The third-order valence-electron chi connectivity index (χ3n) is 6.21. The van der Waals surface area contributed by atoms with Gasteiger partial charge in [0.1, 0.15) is 11.3 Å². The number of fused-ring (bicyclic) bond motifs is 1. The first-order valence-electron chi connectivity index (χ1n) is 12.1. The standard InChI is InChI=1S/C30H23Cl2N3O4S/c1-18-16-21(31)10-15-28(18)39-30-24(17-20-6-3-4-8-27(20)34-30)29(36)33-22-11-13-23(14-12-22)40(37,38)35-26-9-5-7-25(32)19(26)2/h3-17,35H,1-2H3,(H,33,36). The van der Waals surface area contributed by atoms with Crippen LogP contribution >= 0.6 is 23.2 Å². The fraction of sp³-hybridized carbons (Fsp3) is 0.0667. The number of rotatable bonds is 7. The van der Waals surface area contributed by atoms with Crippen LogP contribution in [0.25, 0.3) is 10.9 Å². The molecule has 0 fully saturated rings. The Morgan fingerprint density at radius 2 is 1.62 bits per heavy atom. The Hall–Kier alpha value is -4.11. The second kappa shape index (κ2) is 11.2. The van der Waals surface area contributed by atoms with Gasteiger partial charge in [0.2, 0.25) is 5.88 Å². The van der Waals surface area contributed by atoms with E-state index < -0.39 is 15.9 Å². The first kappa shape index (κ1) is 27.5. The van der Waals surface area contributed by atoms with E-state index in [4.69, 9.17) is 27.9 Å². The molecule has 10 heteroatoms. The van der Waals surface area contributed by atoms with Gasteiger partial charge in [-0.1, -0.05) is 47.5 Å². The Balaban J connectivity index is 1.41. The van der Waals surface area contributed by atoms with Gasteiger partial charge in [0.05, 0.1) is 16.1 Å². The molecule has 0 aliphatic rings. The molecule has 4 aromatic carbocycles. The van der Waals surface area contributed by atoms with Crippen molar-refractivity contribution in [2.24, 2.45) is 0 Å². The molecule has 0 radical (unpaired) electrons. The molecule has 2 N–H and O–H groups in total. The van der Waals surface area contributed by atoms with Gasteiger partial charge in [-0.15, -0.1) is 0 Å². The highest BCUT2D eigenvalue weighted by molar-refractivity contribution is 7.92. The van der Waals surface area contributed by atoms with E-state index >= 15 is 0 Å². The van der Waals surface area contributed by atoms with Gasteiger partial charge in [0, 0.05) is 21.1 Å². The number of benzene rings is 4. The number of sulfonamides is 1. The van der Waals surface area contributed by atoms with E-state index in [-0.39, 0.29) is 16.3 Å². The summed E-state index contributed by atoms with van der Waals surface area (Å²) in [5.74, 6) is 0.170. The third kappa shape index (κ3) is 5.89. The molecule has 40 heavy (non-hydrogen) atoms. The fourth-order valence-corrected chi connectivity index (χ4v) is 5.53. The number of amides is 1. The van der Waals surface area contributed by atoms with Gasteiger partial charge >= 0.3 is 0 Å². The SMILES string of the molecule is Cc1cc(Cl)ccc1Oc1nc2ccccc2cc1C(=O)Nc1ccc(S(=O)(=O)Nc2cccc(Cl)c2C)cc1. The van der Waals surface area contributed by atoms with Crippen LogP contribution in [0.2, 0.25) is 10.0 Å². The number of carbonyl (C=O) groups is 1. The van der Waals surface area contributed by atoms with E-state index in [9.17, 15) is 13.2 Å². The van der Waals surface area contributed by atoms with E-state index in [0.717, 1.165) is 10.9 Å². The first-order valence-corrected chi connectivity index (χ1v) is 14.4. The van der Waals surface area contributed by atoms with Crippen molar-refractivity contribution in [1.82, 2.24) is 4.98 Å². The van der Waals surface area contributed by atoms with E-state index in [2.05, 4.69) is 15.0 Å². The summed E-state index contributed by atoms with van der Waals surface area (Å²) < 4.78 is 34.5. The molecule has 0 aliphatic carbocycles. The van der Waals surface area contributed by atoms with E-state index in [1.165, 1.54) is 24.3 Å². The maximum atomic E-state index is 13.4. The number of nitrogens with zero attached hydrogens (tertiary/aromatic N) is 1. The molecule has 0 spiro atoms. The van der Waals surface area contributed by atoms with Crippen molar-refractivity contribution in [3.05, 3.63) is 118 Å². The highest BCUT2D eigenvalue weighted by Crippen LogP contribution is 2.31. The summed E-state index contributed by atoms with van der Waals surface area (Å²) >= 11 is 12.2. The smallest absolute Gasteiger partial charge is 0.261 e. The van der Waals surface area contributed by atoms with Crippen molar-refractivity contribution < 1.29 is 17.9 Å². The average Bonchev–Trinajstić information content (AvgIpc) is 2.92. The quantitative estimate of drug-likeness (QED) is 0.200. The lowest BCUT2D eigenvalue weighted by Crippen LogP contribution is -2.15. The summed E-state index contributed by atoms with van der Waals surface area (Å²) in [6.07, 6.45) is 0. The van der Waals surface area contributed by atoms with Crippen LogP contribution in [0.5, 0.6) is 11.6 Å². The molecular weight excluding hydrogens is 569 g/mol. The van der Waals surface area contributed by atoms with Gasteiger partial charge in [0.15, 0.2) is 0 Å². The maximum absolute atomic E-state index is 13.4. The van der Waals surface area contributed by atoms with Crippen LogP contribution in [-0.4, -0.2) is 19.3 Å². The Kier molecular flexibility index (Phi) is 7.67. The van der Waals surface area contributed by atoms with Gasteiger partial charge < -0.3 is 10.1 Å². The van der Waals surface area contributed by atoms with Crippen LogP contribution in [0.4, 0.5) is 11.4 Å². The number of aromatic nitrogens is 1. The topological polar surface area (TPSA) is 97.4 Å². The molecule has 0 aliphatic heterocycles. The van der Waals surface area contributed by atoms with Crippen molar-refractivity contribution in [3.63, 3.8) is 0 Å². The number of anilines is 2. The average molecular weight is 593 g/mol. The van der Waals surface area contributed by atoms with Crippen molar-refractivity contribution >= 4 is 61.4 Å². The fourth-order valence-electron chi connectivity index (χ4n) is 4.01. The van der Waals surface area contributed by atoms with Gasteiger partial charge in [-0.3, -0.25) is 9.52 Å². The lowest BCUT2D eigenvalue weighted by atomic mass is 10.1. The monoisotopic (exact) mass is 591 g/mol. The van der Waals surface area contributed by atoms with E-state index in [0.29, 0.717) is 38.2 Å². The second-order valence-corrected chi connectivity index (χ2v) is 11.6. The Labute approximate surface area is 241 Å². The maximum Gasteiger partial charge on any atom is 0.261 e. The molecule has 0 saturated carbocycles. The lowest BCUT2D eigenvalue weighted by molar-refractivity contribution is 0.102. The molecule has 5 aromatic rings. The number of hydrogen-bond acceptors (Lipinski definition) is 5. The molecule has 5 rings (SSSR count). The van der Waals surface area contributed by atoms with Crippen molar-refractivity contribution in [2.45, 2.75) is 18.7 Å². The van der Waals surface area contributed by atoms with E-state index in [1.807, 2.05) is 31.2 Å². The van der Waals surface area contributed by atoms with Gasteiger partial charge in [-0.05, 0) is 91.7 Å². The lowest BCUT2D eigenvalue weighted by Gasteiger charge is -2.14. The highest BCUT2D eigenvalue weighted by atomic mass is 35.5. The molecule has 7 nitrogen and oxygen atoms in total.